The molecule has 1 aromatic carbocycles. The summed E-state index contributed by atoms with van der Waals surface area (Å²) in [6.07, 6.45) is 5.03. The molecule has 0 radical (unpaired) electrons. The first kappa shape index (κ1) is 19.3. The fourth-order valence-corrected chi connectivity index (χ4v) is 3.96. The molecule has 29 heavy (non-hydrogen) atoms. The lowest BCUT2D eigenvalue weighted by Gasteiger charge is -2.19. The first-order chi connectivity index (χ1) is 14.1. The molecule has 0 aliphatic carbocycles. The van der Waals surface area contributed by atoms with E-state index in [0.29, 0.717) is 23.1 Å². The van der Waals surface area contributed by atoms with Crippen LogP contribution in [-0.2, 0) is 24.3 Å². The van der Waals surface area contributed by atoms with Crippen LogP contribution in [0.25, 0.3) is 10.9 Å². The number of aromatic nitrogens is 5. The summed E-state index contributed by atoms with van der Waals surface area (Å²) in [7, 11) is 0. The van der Waals surface area contributed by atoms with Crippen LogP contribution >= 0.6 is 0 Å². The van der Waals surface area contributed by atoms with Gasteiger partial charge >= 0.3 is 0 Å². The highest BCUT2D eigenvalue weighted by atomic mass is 16.2. The van der Waals surface area contributed by atoms with Gasteiger partial charge in [0.05, 0.1) is 16.9 Å². The van der Waals surface area contributed by atoms with E-state index in [9.17, 15) is 9.59 Å². The molecule has 3 heterocycles. The van der Waals surface area contributed by atoms with E-state index >= 15 is 0 Å². The molecule has 8 nitrogen and oxygen atoms in total. The van der Waals surface area contributed by atoms with Crippen molar-refractivity contribution in [2.24, 2.45) is 0 Å². The van der Waals surface area contributed by atoms with Crippen molar-refractivity contribution in [3.05, 3.63) is 52.1 Å². The number of rotatable bonds is 5. The number of carbonyl (C=O) groups is 1. The molecule has 1 atom stereocenters. The van der Waals surface area contributed by atoms with Crippen molar-refractivity contribution < 1.29 is 4.79 Å². The minimum atomic E-state index is -0.231. The van der Waals surface area contributed by atoms with E-state index in [1.54, 1.807) is 25.1 Å². The molecular formula is C21H26N6O2. The van der Waals surface area contributed by atoms with E-state index in [4.69, 9.17) is 0 Å². The zero-order valence-corrected chi connectivity index (χ0v) is 16.9. The first-order valence-electron chi connectivity index (χ1n) is 10.3. The summed E-state index contributed by atoms with van der Waals surface area (Å²) in [5.74, 6) is 2.09. The summed E-state index contributed by atoms with van der Waals surface area (Å²) < 4.78 is 3.57. The van der Waals surface area contributed by atoms with E-state index in [1.165, 1.54) is 11.0 Å². The Labute approximate surface area is 169 Å². The van der Waals surface area contributed by atoms with Gasteiger partial charge in [-0.2, -0.15) is 0 Å². The van der Waals surface area contributed by atoms with Gasteiger partial charge in [-0.1, -0.05) is 25.5 Å². The van der Waals surface area contributed by atoms with Crippen LogP contribution < -0.4 is 10.9 Å². The van der Waals surface area contributed by atoms with Crippen molar-refractivity contribution in [2.75, 3.05) is 0 Å². The van der Waals surface area contributed by atoms with E-state index in [0.717, 1.165) is 37.5 Å². The van der Waals surface area contributed by atoms with E-state index < -0.39 is 0 Å². The molecule has 0 bridgehead atoms. The summed E-state index contributed by atoms with van der Waals surface area (Å²) in [6, 6.07) is 6.96. The molecule has 0 saturated heterocycles. The summed E-state index contributed by atoms with van der Waals surface area (Å²) in [5, 5.41) is 12.3. The smallest absolute Gasteiger partial charge is 0.261 e. The van der Waals surface area contributed by atoms with E-state index in [-0.39, 0.29) is 24.1 Å². The van der Waals surface area contributed by atoms with Gasteiger partial charge in [0.15, 0.2) is 5.82 Å². The number of fused-ring (bicyclic) bond motifs is 2. The van der Waals surface area contributed by atoms with Crippen LogP contribution in [0.5, 0.6) is 0 Å². The fourth-order valence-electron chi connectivity index (χ4n) is 3.96. The molecule has 8 heteroatoms. The van der Waals surface area contributed by atoms with E-state index in [1.807, 2.05) is 13.0 Å². The van der Waals surface area contributed by atoms with E-state index in [2.05, 4.69) is 25.1 Å². The standard InChI is InChI=1S/C21H26N6O2/c1-3-16(20-25-24-18-11-5-4-8-12-26(18)20)23-19(28)13-27-14(2)22-17-10-7-6-9-15(17)21(27)29/h6-7,9-10,16H,3-5,8,11-13H2,1-2H3,(H,23,28). The molecule has 0 spiro atoms. The first-order valence-corrected chi connectivity index (χ1v) is 10.3. The van der Waals surface area contributed by atoms with Crippen molar-refractivity contribution in [3.8, 4) is 0 Å². The van der Waals surface area contributed by atoms with Gasteiger partial charge in [0, 0.05) is 13.0 Å². The highest BCUT2D eigenvalue weighted by Crippen LogP contribution is 2.20. The van der Waals surface area contributed by atoms with Crippen molar-refractivity contribution in [2.45, 2.75) is 65.1 Å². The van der Waals surface area contributed by atoms with Gasteiger partial charge in [0.2, 0.25) is 5.91 Å². The Balaban J connectivity index is 1.56. The minimum Gasteiger partial charge on any atom is -0.345 e. The molecule has 1 unspecified atom stereocenters. The third-order valence-electron chi connectivity index (χ3n) is 5.55. The number of aryl methyl sites for hydroxylation is 2. The molecule has 0 saturated carbocycles. The Morgan fingerprint density at radius 1 is 1.21 bits per heavy atom. The second kappa shape index (κ2) is 8.14. The third-order valence-corrected chi connectivity index (χ3v) is 5.55. The van der Waals surface area contributed by atoms with Crippen LogP contribution in [0, 0.1) is 6.92 Å². The molecule has 152 valence electrons. The minimum absolute atomic E-state index is 0.0694. The number of hydrogen-bond acceptors (Lipinski definition) is 5. The average molecular weight is 394 g/mol. The number of nitrogens with zero attached hydrogens (tertiary/aromatic N) is 5. The van der Waals surface area contributed by atoms with Crippen molar-refractivity contribution >= 4 is 16.8 Å². The Morgan fingerprint density at radius 3 is 2.86 bits per heavy atom. The Hall–Kier alpha value is -3.03. The zero-order chi connectivity index (χ0) is 20.4. The SMILES string of the molecule is CCC(NC(=O)Cn1c(C)nc2ccccc2c1=O)c1nnc2n1CCCCC2. The third kappa shape index (κ3) is 3.79. The van der Waals surface area contributed by atoms with Gasteiger partial charge in [-0.15, -0.1) is 10.2 Å². The summed E-state index contributed by atoms with van der Waals surface area (Å²) in [6.45, 7) is 4.58. The maximum absolute atomic E-state index is 12.8. The number of amides is 1. The Morgan fingerprint density at radius 2 is 2.03 bits per heavy atom. The molecule has 1 amide bonds. The van der Waals surface area contributed by atoms with Crippen LogP contribution in [-0.4, -0.2) is 30.2 Å². The number of benzene rings is 1. The molecular weight excluding hydrogens is 368 g/mol. The van der Waals surface area contributed by atoms with Crippen LogP contribution in [0.3, 0.4) is 0 Å². The topological polar surface area (TPSA) is 94.7 Å². The maximum atomic E-state index is 12.8. The second-order valence-corrected chi connectivity index (χ2v) is 7.53. The van der Waals surface area contributed by atoms with Gasteiger partial charge in [-0.25, -0.2) is 4.98 Å². The van der Waals surface area contributed by atoms with Crippen molar-refractivity contribution in [3.63, 3.8) is 0 Å². The summed E-state index contributed by atoms with van der Waals surface area (Å²) in [5.41, 5.74) is 0.442. The number of para-hydroxylation sites is 1. The fraction of sp³-hybridized carbons (Fsp3) is 0.476. The van der Waals surface area contributed by atoms with Crippen LogP contribution in [0.4, 0.5) is 0 Å². The molecule has 1 aliphatic heterocycles. The largest absolute Gasteiger partial charge is 0.345 e. The van der Waals surface area contributed by atoms with Gasteiger partial charge in [-0.3, -0.25) is 14.2 Å². The van der Waals surface area contributed by atoms with Crippen LogP contribution in [0.15, 0.2) is 29.1 Å². The van der Waals surface area contributed by atoms with Crippen molar-refractivity contribution in [1.82, 2.24) is 29.6 Å². The predicted octanol–water partition coefficient (Wildman–Crippen LogP) is 2.29. The molecule has 2 aromatic heterocycles. The quantitative estimate of drug-likeness (QED) is 0.716. The molecule has 1 aliphatic rings. The van der Waals surface area contributed by atoms with Crippen LogP contribution in [0.1, 0.15) is 56.1 Å². The molecule has 0 fully saturated rings. The summed E-state index contributed by atoms with van der Waals surface area (Å²) >= 11 is 0. The van der Waals surface area contributed by atoms with Crippen LogP contribution in [0.2, 0.25) is 0 Å². The molecule has 3 aromatic rings. The highest BCUT2D eigenvalue weighted by molar-refractivity contribution is 5.79. The normalized spacial score (nSPS) is 15.0. The number of hydrogen-bond donors (Lipinski definition) is 1. The Bertz CT molecular complexity index is 1100. The van der Waals surface area contributed by atoms with Gasteiger partial charge in [-0.05, 0) is 38.3 Å². The highest BCUT2D eigenvalue weighted by Gasteiger charge is 2.23. The average Bonchev–Trinajstić information content (AvgIpc) is 2.97. The zero-order valence-electron chi connectivity index (χ0n) is 16.9. The number of nitrogens with one attached hydrogen (secondary N) is 1. The molecule has 4 rings (SSSR count). The van der Waals surface area contributed by atoms with Gasteiger partial charge in [0.25, 0.3) is 5.56 Å². The predicted molar refractivity (Wildman–Crippen MR) is 109 cm³/mol. The lowest BCUT2D eigenvalue weighted by Crippen LogP contribution is -2.36. The van der Waals surface area contributed by atoms with Crippen molar-refractivity contribution in [1.29, 1.82) is 0 Å². The lowest BCUT2D eigenvalue weighted by molar-refractivity contribution is -0.122. The second-order valence-electron chi connectivity index (χ2n) is 7.53. The van der Waals surface area contributed by atoms with Gasteiger partial charge in [0.1, 0.15) is 18.2 Å². The lowest BCUT2D eigenvalue weighted by atomic mass is 10.2. The number of carbonyl (C=O) groups excluding carboxylic acids is 1. The maximum Gasteiger partial charge on any atom is 0.261 e. The Kier molecular flexibility index (Phi) is 5.42. The summed E-state index contributed by atoms with van der Waals surface area (Å²) in [4.78, 5) is 30.1. The molecule has 1 N–H and O–H groups in total. The monoisotopic (exact) mass is 394 g/mol. The van der Waals surface area contributed by atoms with Gasteiger partial charge < -0.3 is 9.88 Å².